The molecule has 0 amide bonds. The van der Waals surface area contributed by atoms with E-state index in [2.05, 4.69) is 0 Å². The summed E-state index contributed by atoms with van der Waals surface area (Å²) in [6.07, 6.45) is 0.179. The Labute approximate surface area is 94.4 Å². The zero-order valence-corrected chi connectivity index (χ0v) is 9.71. The molecular formula is C12H16FNO2. The maximum absolute atomic E-state index is 13.3. The fourth-order valence-corrected chi connectivity index (χ4v) is 1.36. The van der Waals surface area contributed by atoms with E-state index >= 15 is 0 Å². The van der Waals surface area contributed by atoms with Gasteiger partial charge in [-0.15, -0.1) is 0 Å². The quantitative estimate of drug-likeness (QED) is 0.799. The third kappa shape index (κ3) is 3.31. The van der Waals surface area contributed by atoms with Gasteiger partial charge in [0.2, 0.25) is 0 Å². The molecular weight excluding hydrogens is 209 g/mol. The lowest BCUT2D eigenvalue weighted by atomic mass is 9.95. The summed E-state index contributed by atoms with van der Waals surface area (Å²) in [7, 11) is 1.38. The van der Waals surface area contributed by atoms with Crippen molar-refractivity contribution >= 4 is 5.78 Å². The summed E-state index contributed by atoms with van der Waals surface area (Å²) in [4.78, 5) is 11.7. The van der Waals surface area contributed by atoms with Gasteiger partial charge in [-0.2, -0.15) is 0 Å². The number of Topliss-reactive ketones (excluding diaryl/α,β-unsaturated/α-hetero) is 1. The lowest BCUT2D eigenvalue weighted by molar-refractivity contribution is 0.0960. The summed E-state index contributed by atoms with van der Waals surface area (Å²) in [6, 6.07) is 4.15. The van der Waals surface area contributed by atoms with Crippen molar-refractivity contribution in [3.8, 4) is 5.75 Å². The van der Waals surface area contributed by atoms with Crippen LogP contribution < -0.4 is 10.5 Å². The molecule has 3 nitrogen and oxygen atoms in total. The van der Waals surface area contributed by atoms with Gasteiger partial charge in [0, 0.05) is 17.5 Å². The van der Waals surface area contributed by atoms with Crippen LogP contribution in [0.1, 0.15) is 30.6 Å². The van der Waals surface area contributed by atoms with Crippen molar-refractivity contribution < 1.29 is 13.9 Å². The monoisotopic (exact) mass is 225 g/mol. The number of nitrogens with two attached hydrogens (primary N) is 1. The van der Waals surface area contributed by atoms with Crippen LogP contribution in [0.4, 0.5) is 4.39 Å². The van der Waals surface area contributed by atoms with Crippen molar-refractivity contribution in [2.75, 3.05) is 7.11 Å². The summed E-state index contributed by atoms with van der Waals surface area (Å²) in [5.41, 5.74) is 5.46. The molecule has 0 bridgehead atoms. The summed E-state index contributed by atoms with van der Waals surface area (Å²) in [6.45, 7) is 3.51. The van der Waals surface area contributed by atoms with Crippen LogP contribution in [-0.4, -0.2) is 18.4 Å². The van der Waals surface area contributed by atoms with Crippen molar-refractivity contribution in [1.29, 1.82) is 0 Å². The van der Waals surface area contributed by atoms with Gasteiger partial charge in [-0.05, 0) is 32.0 Å². The highest BCUT2D eigenvalue weighted by Crippen LogP contribution is 2.19. The van der Waals surface area contributed by atoms with Crippen LogP contribution in [0.3, 0.4) is 0 Å². The molecule has 1 aromatic carbocycles. The SMILES string of the molecule is COc1ccc(C(=O)CC(C)(C)N)cc1F. The van der Waals surface area contributed by atoms with Crippen LogP contribution in [0.15, 0.2) is 18.2 Å². The van der Waals surface area contributed by atoms with Crippen molar-refractivity contribution in [2.45, 2.75) is 25.8 Å². The number of hydrogen-bond acceptors (Lipinski definition) is 3. The van der Waals surface area contributed by atoms with Gasteiger partial charge in [0.15, 0.2) is 17.3 Å². The molecule has 4 heteroatoms. The van der Waals surface area contributed by atoms with Crippen LogP contribution in [0.2, 0.25) is 0 Å². The molecule has 0 unspecified atom stereocenters. The molecule has 0 radical (unpaired) electrons. The molecule has 0 atom stereocenters. The van der Waals surface area contributed by atoms with E-state index in [1.54, 1.807) is 13.8 Å². The molecule has 0 saturated heterocycles. The van der Waals surface area contributed by atoms with Crippen LogP contribution in [0, 0.1) is 5.82 Å². The van der Waals surface area contributed by atoms with Crippen LogP contribution in [-0.2, 0) is 0 Å². The van der Waals surface area contributed by atoms with Gasteiger partial charge in [0.05, 0.1) is 7.11 Å². The van der Waals surface area contributed by atoms with Gasteiger partial charge in [0.1, 0.15) is 0 Å². The number of carbonyl (C=O) groups excluding carboxylic acids is 1. The number of halogens is 1. The average Bonchev–Trinajstić information content (AvgIpc) is 2.15. The highest BCUT2D eigenvalue weighted by molar-refractivity contribution is 5.96. The minimum absolute atomic E-state index is 0.128. The third-order valence-electron chi connectivity index (χ3n) is 2.09. The average molecular weight is 225 g/mol. The van der Waals surface area contributed by atoms with E-state index in [0.717, 1.165) is 0 Å². The number of benzene rings is 1. The Bertz CT molecular complexity index is 396. The smallest absolute Gasteiger partial charge is 0.165 e. The van der Waals surface area contributed by atoms with Crippen molar-refractivity contribution in [3.05, 3.63) is 29.6 Å². The summed E-state index contributed by atoms with van der Waals surface area (Å²) >= 11 is 0. The number of ether oxygens (including phenoxy) is 1. The number of ketones is 1. The molecule has 16 heavy (non-hydrogen) atoms. The van der Waals surface area contributed by atoms with Gasteiger partial charge >= 0.3 is 0 Å². The Hall–Kier alpha value is -1.42. The van der Waals surface area contributed by atoms with E-state index in [1.165, 1.54) is 25.3 Å². The molecule has 0 aliphatic heterocycles. The largest absolute Gasteiger partial charge is 0.494 e. The van der Waals surface area contributed by atoms with Gasteiger partial charge in [-0.25, -0.2) is 4.39 Å². The maximum atomic E-state index is 13.3. The second-order valence-corrected chi connectivity index (χ2v) is 4.44. The molecule has 0 spiro atoms. The first-order valence-corrected chi connectivity index (χ1v) is 4.99. The standard InChI is InChI=1S/C12H16FNO2/c1-12(2,14)7-10(15)8-4-5-11(16-3)9(13)6-8/h4-6H,7,14H2,1-3H3. The molecule has 0 heterocycles. The topological polar surface area (TPSA) is 52.3 Å². The predicted octanol–water partition coefficient (Wildman–Crippen LogP) is 2.14. The lowest BCUT2D eigenvalue weighted by Crippen LogP contribution is -2.34. The Kier molecular flexibility index (Phi) is 3.65. The molecule has 88 valence electrons. The minimum atomic E-state index is -0.590. The van der Waals surface area contributed by atoms with Crippen molar-refractivity contribution in [2.24, 2.45) is 5.73 Å². The Morgan fingerprint density at radius 1 is 1.50 bits per heavy atom. The van der Waals surface area contributed by atoms with E-state index in [-0.39, 0.29) is 18.0 Å². The number of methoxy groups -OCH3 is 1. The zero-order valence-electron chi connectivity index (χ0n) is 9.71. The number of rotatable bonds is 4. The Morgan fingerprint density at radius 2 is 2.12 bits per heavy atom. The summed E-state index contributed by atoms with van der Waals surface area (Å²) < 4.78 is 18.1. The first-order chi connectivity index (χ1) is 7.33. The van der Waals surface area contributed by atoms with Gasteiger partial charge in [0.25, 0.3) is 0 Å². The molecule has 1 aromatic rings. The van der Waals surface area contributed by atoms with Crippen molar-refractivity contribution in [1.82, 2.24) is 0 Å². The van der Waals surface area contributed by atoms with Gasteiger partial charge in [-0.1, -0.05) is 0 Å². The van der Waals surface area contributed by atoms with Gasteiger partial charge < -0.3 is 10.5 Å². The van der Waals surface area contributed by atoms with E-state index in [4.69, 9.17) is 10.5 Å². The molecule has 0 aliphatic rings. The van der Waals surface area contributed by atoms with E-state index in [1.807, 2.05) is 0 Å². The third-order valence-corrected chi connectivity index (χ3v) is 2.09. The molecule has 1 rings (SSSR count). The van der Waals surface area contributed by atoms with Crippen LogP contribution in [0.25, 0.3) is 0 Å². The highest BCUT2D eigenvalue weighted by Gasteiger charge is 2.18. The van der Waals surface area contributed by atoms with E-state index < -0.39 is 11.4 Å². The lowest BCUT2D eigenvalue weighted by Gasteiger charge is -2.17. The first kappa shape index (κ1) is 12.6. The zero-order chi connectivity index (χ0) is 12.3. The summed E-state index contributed by atoms with van der Waals surface area (Å²) in [5.74, 6) is -0.583. The second kappa shape index (κ2) is 4.61. The number of hydrogen-bond donors (Lipinski definition) is 1. The van der Waals surface area contributed by atoms with E-state index in [9.17, 15) is 9.18 Å². The fourth-order valence-electron chi connectivity index (χ4n) is 1.36. The molecule has 0 aliphatic carbocycles. The minimum Gasteiger partial charge on any atom is -0.494 e. The van der Waals surface area contributed by atoms with Gasteiger partial charge in [-0.3, -0.25) is 4.79 Å². The first-order valence-electron chi connectivity index (χ1n) is 4.99. The predicted molar refractivity (Wildman–Crippen MR) is 60.2 cm³/mol. The molecule has 0 fully saturated rings. The Balaban J connectivity index is 2.89. The molecule has 0 aromatic heterocycles. The number of carbonyl (C=O) groups is 1. The fraction of sp³-hybridized carbons (Fsp3) is 0.417. The van der Waals surface area contributed by atoms with Crippen LogP contribution in [0.5, 0.6) is 5.75 Å². The second-order valence-electron chi connectivity index (χ2n) is 4.44. The summed E-state index contributed by atoms with van der Waals surface area (Å²) in [5, 5.41) is 0. The normalized spacial score (nSPS) is 11.3. The van der Waals surface area contributed by atoms with E-state index in [0.29, 0.717) is 5.56 Å². The maximum Gasteiger partial charge on any atom is 0.165 e. The molecule has 2 N–H and O–H groups in total. The van der Waals surface area contributed by atoms with Crippen LogP contribution >= 0.6 is 0 Å². The molecule has 0 saturated carbocycles. The Morgan fingerprint density at radius 3 is 2.56 bits per heavy atom. The van der Waals surface area contributed by atoms with Crippen molar-refractivity contribution in [3.63, 3.8) is 0 Å². The highest BCUT2D eigenvalue weighted by atomic mass is 19.1.